The second-order valence-corrected chi connectivity index (χ2v) is 8.27. The molecule has 0 aliphatic rings. The summed E-state index contributed by atoms with van der Waals surface area (Å²) in [7, 11) is -3.72. The zero-order chi connectivity index (χ0) is 21.4. The number of carbonyl (C=O) groups is 1. The number of benzene rings is 3. The van der Waals surface area contributed by atoms with Gasteiger partial charge in [-0.3, -0.25) is 9.52 Å². The average molecular weight is 425 g/mol. The Kier molecular flexibility index (Phi) is 7.21. The molecule has 6 nitrogen and oxygen atoms in total. The van der Waals surface area contributed by atoms with Crippen molar-refractivity contribution < 1.29 is 17.9 Å². The number of ether oxygens (including phenoxy) is 1. The van der Waals surface area contributed by atoms with E-state index < -0.39 is 10.0 Å². The average Bonchev–Trinajstić information content (AvgIpc) is 2.77. The van der Waals surface area contributed by atoms with Crippen molar-refractivity contribution in [2.24, 2.45) is 0 Å². The Morgan fingerprint density at radius 1 is 0.867 bits per heavy atom. The molecule has 0 atom stereocenters. The molecule has 7 heteroatoms. The third-order valence-corrected chi connectivity index (χ3v) is 5.87. The van der Waals surface area contributed by atoms with Crippen molar-refractivity contribution in [1.82, 2.24) is 5.32 Å². The summed E-state index contributed by atoms with van der Waals surface area (Å²) in [5, 5.41) is 2.87. The van der Waals surface area contributed by atoms with Crippen molar-refractivity contribution in [2.45, 2.75) is 25.0 Å². The quantitative estimate of drug-likeness (QED) is 0.545. The number of hydrogen-bond donors (Lipinski definition) is 2. The molecule has 0 fully saturated rings. The van der Waals surface area contributed by atoms with Gasteiger partial charge in [0.25, 0.3) is 15.9 Å². The maximum atomic E-state index is 12.5. The molecule has 3 rings (SSSR count). The number of anilines is 1. The van der Waals surface area contributed by atoms with Crippen LogP contribution < -0.4 is 10.0 Å². The van der Waals surface area contributed by atoms with Gasteiger partial charge in [0.15, 0.2) is 0 Å². The van der Waals surface area contributed by atoms with E-state index in [0.29, 0.717) is 31.0 Å². The molecule has 0 unspecified atom stereocenters. The van der Waals surface area contributed by atoms with E-state index in [0.717, 1.165) is 11.1 Å². The number of rotatable bonds is 9. The third kappa shape index (κ3) is 5.68. The van der Waals surface area contributed by atoms with Gasteiger partial charge in [0.1, 0.15) is 0 Å². The molecule has 156 valence electrons. The molecule has 0 spiro atoms. The first-order valence-corrected chi connectivity index (χ1v) is 11.1. The Morgan fingerprint density at radius 3 is 2.17 bits per heavy atom. The van der Waals surface area contributed by atoms with Crippen molar-refractivity contribution in [2.75, 3.05) is 11.3 Å². The Morgan fingerprint density at radius 2 is 1.50 bits per heavy atom. The molecule has 0 radical (unpaired) electrons. The predicted molar refractivity (Wildman–Crippen MR) is 117 cm³/mol. The summed E-state index contributed by atoms with van der Waals surface area (Å²) in [4.78, 5) is 12.6. The van der Waals surface area contributed by atoms with Crippen molar-refractivity contribution in [3.63, 3.8) is 0 Å². The van der Waals surface area contributed by atoms with Crippen LogP contribution in [0.3, 0.4) is 0 Å². The first kappa shape index (κ1) is 21.5. The fourth-order valence-electron chi connectivity index (χ4n) is 2.87. The van der Waals surface area contributed by atoms with Gasteiger partial charge in [-0.25, -0.2) is 8.42 Å². The smallest absolute Gasteiger partial charge is 0.261 e. The number of carbonyl (C=O) groups excluding carboxylic acids is 1. The topological polar surface area (TPSA) is 84.5 Å². The van der Waals surface area contributed by atoms with Crippen LogP contribution in [0.4, 0.5) is 5.69 Å². The van der Waals surface area contributed by atoms with Crippen molar-refractivity contribution in [1.29, 1.82) is 0 Å². The van der Waals surface area contributed by atoms with Gasteiger partial charge in [-0.2, -0.15) is 0 Å². The zero-order valence-electron chi connectivity index (χ0n) is 16.7. The van der Waals surface area contributed by atoms with Crippen LogP contribution in [0.15, 0.2) is 83.8 Å². The van der Waals surface area contributed by atoms with Gasteiger partial charge in [-0.05, 0) is 54.4 Å². The summed E-state index contributed by atoms with van der Waals surface area (Å²) in [5.41, 5.74) is 2.86. The molecule has 0 bridgehead atoms. The number of nitrogens with one attached hydrogen (secondary N) is 2. The fourth-order valence-corrected chi connectivity index (χ4v) is 3.92. The first-order valence-electron chi connectivity index (χ1n) is 9.60. The van der Waals surface area contributed by atoms with E-state index in [1.54, 1.807) is 30.3 Å². The highest BCUT2D eigenvalue weighted by atomic mass is 32.2. The van der Waals surface area contributed by atoms with Crippen molar-refractivity contribution in [3.8, 4) is 0 Å². The van der Waals surface area contributed by atoms with E-state index in [4.69, 9.17) is 4.74 Å². The van der Waals surface area contributed by atoms with E-state index >= 15 is 0 Å². The van der Waals surface area contributed by atoms with Gasteiger partial charge < -0.3 is 10.1 Å². The van der Waals surface area contributed by atoms with Crippen molar-refractivity contribution in [3.05, 3.63) is 95.6 Å². The number of hydrogen-bond acceptors (Lipinski definition) is 4. The normalized spacial score (nSPS) is 11.1. The Bertz CT molecular complexity index is 1080. The minimum absolute atomic E-state index is 0.0879. The summed E-state index contributed by atoms with van der Waals surface area (Å²) < 4.78 is 33.0. The fraction of sp³-hybridized carbons (Fsp3) is 0.174. The molecular weight excluding hydrogens is 400 g/mol. The molecule has 1 amide bonds. The van der Waals surface area contributed by atoms with E-state index in [2.05, 4.69) is 10.0 Å². The van der Waals surface area contributed by atoms with E-state index in [1.807, 2.05) is 31.2 Å². The van der Waals surface area contributed by atoms with Crippen LogP contribution in [0.5, 0.6) is 0 Å². The minimum atomic E-state index is -3.72. The van der Waals surface area contributed by atoms with Gasteiger partial charge >= 0.3 is 0 Å². The monoisotopic (exact) mass is 424 g/mol. The maximum Gasteiger partial charge on any atom is 0.261 e. The van der Waals surface area contributed by atoms with Crippen LogP contribution >= 0.6 is 0 Å². The van der Waals surface area contributed by atoms with Crippen LogP contribution in [0.1, 0.15) is 28.4 Å². The predicted octanol–water partition coefficient (Wildman–Crippen LogP) is 3.95. The third-order valence-electron chi connectivity index (χ3n) is 4.47. The highest BCUT2D eigenvalue weighted by Gasteiger charge is 2.15. The van der Waals surface area contributed by atoms with Gasteiger partial charge in [0.2, 0.25) is 0 Å². The standard InChI is InChI=1S/C23H24N2O4S/c1-2-29-17-20-9-7-6-8-19(20)16-24-23(26)18-12-14-22(15-13-18)30(27,28)25-21-10-4-3-5-11-21/h3-15,25H,2,16-17H2,1H3,(H,24,26). The molecule has 3 aromatic rings. The van der Waals surface area contributed by atoms with Gasteiger partial charge in [0.05, 0.1) is 11.5 Å². The minimum Gasteiger partial charge on any atom is -0.377 e. The Labute approximate surface area is 177 Å². The molecule has 0 saturated heterocycles. The summed E-state index contributed by atoms with van der Waals surface area (Å²) in [5.74, 6) is -0.277. The lowest BCUT2D eigenvalue weighted by molar-refractivity contribution is 0.0949. The molecule has 0 aliphatic carbocycles. The summed E-state index contributed by atoms with van der Waals surface area (Å²) in [6, 6.07) is 22.2. The van der Waals surface area contributed by atoms with Crippen LogP contribution in [0, 0.1) is 0 Å². The lowest BCUT2D eigenvalue weighted by Crippen LogP contribution is -2.23. The molecule has 0 aromatic heterocycles. The number of amides is 1. The molecule has 3 aromatic carbocycles. The van der Waals surface area contributed by atoms with Crippen LogP contribution in [-0.2, 0) is 27.9 Å². The number of sulfonamides is 1. The second-order valence-electron chi connectivity index (χ2n) is 6.58. The molecule has 0 aliphatic heterocycles. The molecular formula is C23H24N2O4S. The highest BCUT2D eigenvalue weighted by molar-refractivity contribution is 7.92. The molecule has 0 heterocycles. The Hall–Kier alpha value is -3.16. The summed E-state index contributed by atoms with van der Waals surface area (Å²) in [6.07, 6.45) is 0. The van der Waals surface area contributed by atoms with Crippen LogP contribution in [-0.4, -0.2) is 20.9 Å². The first-order chi connectivity index (χ1) is 14.5. The van der Waals surface area contributed by atoms with Crippen molar-refractivity contribution >= 4 is 21.6 Å². The van der Waals surface area contributed by atoms with E-state index in [1.165, 1.54) is 24.3 Å². The lowest BCUT2D eigenvalue weighted by Gasteiger charge is -2.11. The summed E-state index contributed by atoms with van der Waals surface area (Å²) >= 11 is 0. The van der Waals surface area contributed by atoms with E-state index in [-0.39, 0.29) is 10.8 Å². The van der Waals surface area contributed by atoms with Gasteiger partial charge in [-0.1, -0.05) is 42.5 Å². The van der Waals surface area contributed by atoms with Gasteiger partial charge in [0, 0.05) is 24.4 Å². The zero-order valence-corrected chi connectivity index (χ0v) is 17.5. The summed E-state index contributed by atoms with van der Waals surface area (Å²) in [6.45, 7) is 3.40. The molecule has 2 N–H and O–H groups in total. The SMILES string of the molecule is CCOCc1ccccc1CNC(=O)c1ccc(S(=O)(=O)Nc2ccccc2)cc1. The largest absolute Gasteiger partial charge is 0.377 e. The van der Waals surface area contributed by atoms with Crippen LogP contribution in [0.2, 0.25) is 0 Å². The highest BCUT2D eigenvalue weighted by Crippen LogP contribution is 2.17. The maximum absolute atomic E-state index is 12.5. The van der Waals surface area contributed by atoms with Crippen LogP contribution in [0.25, 0.3) is 0 Å². The van der Waals surface area contributed by atoms with Gasteiger partial charge in [-0.15, -0.1) is 0 Å². The Balaban J connectivity index is 1.64. The lowest BCUT2D eigenvalue weighted by atomic mass is 10.1. The second kappa shape index (κ2) is 10.0. The number of para-hydroxylation sites is 1. The molecule has 30 heavy (non-hydrogen) atoms. The molecule has 0 saturated carbocycles. The van der Waals surface area contributed by atoms with E-state index in [9.17, 15) is 13.2 Å².